The number of nitrogens with zero attached hydrogens (tertiary/aromatic N) is 1. The Morgan fingerprint density at radius 1 is 1.00 bits per heavy atom. The fourth-order valence-electron chi connectivity index (χ4n) is 3.41. The Labute approximate surface area is 153 Å². The molecule has 3 nitrogen and oxygen atoms in total. The van der Waals surface area contributed by atoms with Crippen LogP contribution in [0, 0.1) is 0 Å². The number of hydrogen-bond acceptors (Lipinski definition) is 3. The molecule has 0 unspecified atom stereocenters. The summed E-state index contributed by atoms with van der Waals surface area (Å²) in [7, 11) is -5.24. The van der Waals surface area contributed by atoms with Crippen molar-refractivity contribution in [1.82, 2.24) is 0 Å². The normalized spacial score (nSPS) is 16.1. The van der Waals surface area contributed by atoms with Crippen LogP contribution in [0.1, 0.15) is 27.7 Å². The zero-order chi connectivity index (χ0) is 18.7. The van der Waals surface area contributed by atoms with Crippen LogP contribution in [0.3, 0.4) is 0 Å². The molecule has 0 aliphatic carbocycles. The van der Waals surface area contributed by atoms with Crippen LogP contribution >= 0.6 is 0 Å². The van der Waals surface area contributed by atoms with Crippen LogP contribution in [0.4, 0.5) is 0 Å². The minimum absolute atomic E-state index is 0.174. The third-order valence-electron chi connectivity index (χ3n) is 4.35. The molecule has 1 N–H and O–H groups in total. The highest BCUT2D eigenvalue weighted by Crippen LogP contribution is 2.37. The minimum Gasteiger partial charge on any atom is -0.392 e. The fraction of sp³-hybridized carbons (Fsp3) is 0.400. The zero-order valence-electron chi connectivity index (χ0n) is 15.8. The van der Waals surface area contributed by atoms with Gasteiger partial charge in [-0.15, -0.1) is 0 Å². The van der Waals surface area contributed by atoms with Gasteiger partial charge in [0, 0.05) is 16.0 Å². The third-order valence-corrected chi connectivity index (χ3v) is 12.6. The van der Waals surface area contributed by atoms with Crippen molar-refractivity contribution in [3.05, 3.63) is 60.7 Å². The largest absolute Gasteiger partial charge is 0.392 e. The third kappa shape index (κ3) is 4.40. The molecule has 2 aromatic carbocycles. The summed E-state index contributed by atoms with van der Waals surface area (Å²) in [6, 6.07) is 20.5. The van der Waals surface area contributed by atoms with Crippen LogP contribution in [-0.4, -0.2) is 35.7 Å². The number of hydrogen-bond donors (Lipinski definition) is 1. The average Bonchev–Trinajstić information content (AvgIpc) is 2.52. The van der Waals surface area contributed by atoms with Gasteiger partial charge in [-0.05, 0) is 22.3 Å². The highest BCUT2D eigenvalue weighted by Gasteiger charge is 2.49. The van der Waals surface area contributed by atoms with Crippen molar-refractivity contribution >= 4 is 28.3 Å². The topological polar surface area (TPSA) is 49.7 Å². The van der Waals surface area contributed by atoms with E-state index >= 15 is 0 Å². The molecule has 136 valence electrons. The molecule has 0 bridgehead atoms. The Morgan fingerprint density at radius 3 is 1.72 bits per heavy atom. The molecule has 0 saturated heterocycles. The maximum atomic E-state index is 13.3. The molecular weight excluding hydrogens is 346 g/mol. The standard InChI is InChI=1S/C20H29NO2SSi/c1-17(22)16-24(5,23)21-25(20(2,3)4,18-12-8-6-9-13-18)19-14-10-7-11-15-19/h6-15,17,22H,16H2,1-5H3/t17-,24-/m1/s1. The summed E-state index contributed by atoms with van der Waals surface area (Å²) in [6.45, 7) is 8.21. The molecule has 0 radical (unpaired) electrons. The van der Waals surface area contributed by atoms with E-state index in [0.717, 1.165) is 10.4 Å². The van der Waals surface area contributed by atoms with E-state index in [1.807, 2.05) is 36.4 Å². The predicted octanol–water partition coefficient (Wildman–Crippen LogP) is 3.03. The molecule has 0 spiro atoms. The van der Waals surface area contributed by atoms with Crippen LogP contribution in [-0.2, 0) is 9.73 Å². The molecule has 0 amide bonds. The molecule has 5 heteroatoms. The lowest BCUT2D eigenvalue weighted by atomic mass is 10.2. The number of aliphatic hydroxyl groups excluding tert-OH is 1. The van der Waals surface area contributed by atoms with Crippen molar-refractivity contribution in [2.45, 2.75) is 38.8 Å². The summed E-state index contributed by atoms with van der Waals surface area (Å²) in [4.78, 5) is 0. The maximum absolute atomic E-state index is 13.3. The second-order valence-electron chi connectivity index (χ2n) is 7.76. The Hall–Kier alpha value is -1.43. The van der Waals surface area contributed by atoms with Crippen molar-refractivity contribution in [2.75, 3.05) is 12.0 Å². The monoisotopic (exact) mass is 375 g/mol. The van der Waals surface area contributed by atoms with Crippen LogP contribution in [0.5, 0.6) is 0 Å². The summed E-state index contributed by atoms with van der Waals surface area (Å²) in [6.07, 6.45) is 1.04. The second kappa shape index (κ2) is 7.44. The first-order valence-electron chi connectivity index (χ1n) is 8.58. The Balaban J connectivity index is 2.88. The van der Waals surface area contributed by atoms with Crippen molar-refractivity contribution in [3.63, 3.8) is 0 Å². The molecule has 25 heavy (non-hydrogen) atoms. The summed E-state index contributed by atoms with van der Waals surface area (Å²) in [5.74, 6) is 0.192. The maximum Gasteiger partial charge on any atom is 0.260 e. The quantitative estimate of drug-likeness (QED) is 0.817. The van der Waals surface area contributed by atoms with E-state index in [4.69, 9.17) is 4.03 Å². The van der Waals surface area contributed by atoms with Crippen molar-refractivity contribution in [2.24, 2.45) is 4.03 Å². The van der Waals surface area contributed by atoms with Gasteiger partial charge in [0.25, 0.3) is 8.24 Å². The molecule has 2 atom stereocenters. The van der Waals surface area contributed by atoms with Crippen molar-refractivity contribution in [3.8, 4) is 0 Å². The smallest absolute Gasteiger partial charge is 0.260 e. The van der Waals surface area contributed by atoms with Gasteiger partial charge in [0.2, 0.25) is 0 Å². The molecule has 0 fully saturated rings. The molecule has 0 aliphatic rings. The minimum atomic E-state index is -2.71. The molecule has 0 aromatic heterocycles. The molecule has 2 rings (SSSR count). The van der Waals surface area contributed by atoms with Gasteiger partial charge < -0.3 is 5.11 Å². The zero-order valence-corrected chi connectivity index (χ0v) is 17.6. The Morgan fingerprint density at radius 2 is 1.40 bits per heavy atom. The molecule has 0 heterocycles. The van der Waals surface area contributed by atoms with Crippen LogP contribution in [0.15, 0.2) is 64.7 Å². The average molecular weight is 376 g/mol. The second-order valence-corrected chi connectivity index (χ2v) is 14.8. The molecular formula is C20H29NO2SSi. The van der Waals surface area contributed by atoms with E-state index in [-0.39, 0.29) is 10.8 Å². The summed E-state index contributed by atoms with van der Waals surface area (Å²) >= 11 is 0. The fourth-order valence-corrected chi connectivity index (χ4v) is 12.3. The predicted molar refractivity (Wildman–Crippen MR) is 111 cm³/mol. The number of rotatable bonds is 5. The highest BCUT2D eigenvalue weighted by atomic mass is 32.2. The SMILES string of the molecule is C[C@@H](O)C[S@@](C)(=O)=N[Si](c1ccccc1)(c1ccccc1)C(C)(C)C. The number of benzene rings is 2. The van der Waals surface area contributed by atoms with Crippen LogP contribution in [0.25, 0.3) is 0 Å². The van der Waals surface area contributed by atoms with Gasteiger partial charge in [-0.2, -0.15) is 0 Å². The summed E-state index contributed by atoms with van der Waals surface area (Å²) < 4.78 is 18.4. The first-order chi connectivity index (χ1) is 11.6. The molecule has 0 aliphatic heterocycles. The van der Waals surface area contributed by atoms with Crippen molar-refractivity contribution in [1.29, 1.82) is 0 Å². The van der Waals surface area contributed by atoms with E-state index in [9.17, 15) is 9.32 Å². The van der Waals surface area contributed by atoms with E-state index in [1.165, 1.54) is 0 Å². The summed E-state index contributed by atoms with van der Waals surface area (Å²) in [5.41, 5.74) is 0. The summed E-state index contributed by atoms with van der Waals surface area (Å²) in [5, 5.41) is 11.9. The lowest BCUT2D eigenvalue weighted by Crippen LogP contribution is -2.63. The first-order valence-corrected chi connectivity index (χ1v) is 12.6. The van der Waals surface area contributed by atoms with Gasteiger partial charge >= 0.3 is 0 Å². The first kappa shape index (κ1) is 19.9. The van der Waals surface area contributed by atoms with Gasteiger partial charge in [-0.1, -0.05) is 81.4 Å². The van der Waals surface area contributed by atoms with Gasteiger partial charge in [-0.25, -0.2) is 0 Å². The lowest BCUT2D eigenvalue weighted by Gasteiger charge is -2.40. The van der Waals surface area contributed by atoms with E-state index in [0.29, 0.717) is 0 Å². The molecule has 0 saturated carbocycles. The Kier molecular flexibility index (Phi) is 5.92. The molecule has 2 aromatic rings. The van der Waals surface area contributed by atoms with Gasteiger partial charge in [0.05, 0.1) is 11.9 Å². The lowest BCUT2D eigenvalue weighted by molar-refractivity contribution is 0.219. The van der Waals surface area contributed by atoms with Gasteiger partial charge in [-0.3, -0.25) is 8.24 Å². The Bertz CT molecular complexity index is 765. The van der Waals surface area contributed by atoms with E-state index in [1.54, 1.807) is 13.2 Å². The van der Waals surface area contributed by atoms with Gasteiger partial charge in [0.15, 0.2) is 0 Å². The van der Waals surface area contributed by atoms with Crippen LogP contribution in [0.2, 0.25) is 5.04 Å². The van der Waals surface area contributed by atoms with Crippen molar-refractivity contribution < 1.29 is 9.32 Å². The van der Waals surface area contributed by atoms with E-state index in [2.05, 4.69) is 45.0 Å². The highest BCUT2D eigenvalue weighted by molar-refractivity contribution is 7.93. The number of aliphatic hydroxyl groups is 1. The van der Waals surface area contributed by atoms with Gasteiger partial charge in [0.1, 0.15) is 0 Å². The van der Waals surface area contributed by atoms with E-state index < -0.39 is 24.1 Å². The van der Waals surface area contributed by atoms with Crippen LogP contribution < -0.4 is 10.4 Å².